The minimum Gasteiger partial charge on any atom is -0.455 e. The number of Topliss-reactive ketones (excluding diaryl/α,β-unsaturated/α-hetero) is 1. The molecule has 32 heavy (non-hydrogen) atoms. The third kappa shape index (κ3) is 3.97. The molecule has 4 rings (SSSR count). The maximum Gasteiger partial charge on any atom is 0.379 e. The van der Waals surface area contributed by atoms with Crippen LogP contribution in [0.25, 0.3) is 0 Å². The summed E-state index contributed by atoms with van der Waals surface area (Å²) in [4.78, 5) is 25.7. The van der Waals surface area contributed by atoms with E-state index in [2.05, 4.69) is 0 Å². The number of carbonyl (C=O) groups excluding carboxylic acids is 2. The van der Waals surface area contributed by atoms with Gasteiger partial charge in [0.2, 0.25) is 0 Å². The van der Waals surface area contributed by atoms with Gasteiger partial charge >= 0.3 is 5.97 Å². The van der Waals surface area contributed by atoms with Gasteiger partial charge in [-0.3, -0.25) is 4.79 Å². The van der Waals surface area contributed by atoms with Crippen molar-refractivity contribution < 1.29 is 14.3 Å². The zero-order valence-electron chi connectivity index (χ0n) is 17.8. The molecule has 4 aromatic carbocycles. The van der Waals surface area contributed by atoms with Crippen molar-refractivity contribution in [2.75, 3.05) is 0 Å². The zero-order valence-corrected chi connectivity index (χ0v) is 17.8. The first-order valence-corrected chi connectivity index (χ1v) is 10.6. The molecule has 3 heteroatoms. The highest BCUT2D eigenvalue weighted by atomic mass is 16.5. The number of ether oxygens (including phenoxy) is 1. The highest BCUT2D eigenvalue weighted by Gasteiger charge is 2.44. The molecule has 3 nitrogen and oxygen atoms in total. The van der Waals surface area contributed by atoms with Crippen LogP contribution in [0, 0.1) is 0 Å². The summed E-state index contributed by atoms with van der Waals surface area (Å²) in [5.74, 6) is -1.52. The summed E-state index contributed by atoms with van der Waals surface area (Å²) in [6.07, 6.45) is -0.658. The summed E-state index contributed by atoms with van der Waals surface area (Å²) in [6, 6.07) is 38.4. The molecule has 158 valence electrons. The van der Waals surface area contributed by atoms with Gasteiger partial charge in [-0.05, 0) is 23.6 Å². The Balaban J connectivity index is 1.84. The number of esters is 1. The maximum absolute atomic E-state index is 12.9. The predicted molar refractivity (Wildman–Crippen MR) is 126 cm³/mol. The van der Waals surface area contributed by atoms with Gasteiger partial charge in [0.05, 0.1) is 5.41 Å². The van der Waals surface area contributed by atoms with Crippen LogP contribution in [-0.2, 0) is 14.9 Å². The highest BCUT2D eigenvalue weighted by Crippen LogP contribution is 2.43. The van der Waals surface area contributed by atoms with Crippen molar-refractivity contribution in [1.82, 2.24) is 0 Å². The molecule has 0 saturated carbocycles. The quantitative estimate of drug-likeness (QED) is 0.163. The van der Waals surface area contributed by atoms with Crippen molar-refractivity contribution in [3.63, 3.8) is 0 Å². The van der Waals surface area contributed by atoms with Crippen molar-refractivity contribution in [3.05, 3.63) is 144 Å². The van der Waals surface area contributed by atoms with E-state index in [-0.39, 0.29) is 0 Å². The van der Waals surface area contributed by atoms with Gasteiger partial charge in [0.25, 0.3) is 5.78 Å². The zero-order chi connectivity index (χ0) is 22.4. The van der Waals surface area contributed by atoms with E-state index in [4.69, 9.17) is 4.74 Å². The molecule has 0 N–H and O–H groups in total. The number of carbonyl (C=O) groups is 2. The number of hydrogen-bond acceptors (Lipinski definition) is 3. The molecule has 0 amide bonds. The molecule has 0 aliphatic heterocycles. The Kier molecular flexibility index (Phi) is 6.27. The van der Waals surface area contributed by atoms with E-state index in [1.807, 2.05) is 97.9 Å². The molecule has 0 heterocycles. The molecular weight excluding hydrogens is 396 g/mol. The standard InChI is InChI=1S/C29H24O3/c1-22(32-28(31)27(30)23-14-6-2-7-15-23)29(24-16-8-3-9-17-24,25-18-10-4-11-19-25)26-20-12-5-13-21-26/h2-22H,1H3/t22-/m1/s1. The third-order valence-electron chi connectivity index (χ3n) is 5.80. The SMILES string of the molecule is C[C@@H](OC(=O)C(=O)c1ccccc1)C(c1ccccc1)(c1ccccc1)c1ccccc1. The Morgan fingerprint density at radius 2 is 0.938 bits per heavy atom. The van der Waals surface area contributed by atoms with Crippen LogP contribution in [0.4, 0.5) is 0 Å². The molecule has 1 atom stereocenters. The van der Waals surface area contributed by atoms with Crippen LogP contribution in [0.1, 0.15) is 34.0 Å². The van der Waals surface area contributed by atoms with Crippen LogP contribution < -0.4 is 0 Å². The lowest BCUT2D eigenvalue weighted by Crippen LogP contribution is -2.43. The molecule has 0 spiro atoms. The van der Waals surface area contributed by atoms with E-state index in [0.29, 0.717) is 5.56 Å². The number of ketones is 1. The van der Waals surface area contributed by atoms with Gasteiger partial charge < -0.3 is 4.74 Å². The number of benzene rings is 4. The Labute approximate surface area is 188 Å². The number of rotatable bonds is 7. The summed E-state index contributed by atoms with van der Waals surface area (Å²) in [6.45, 7) is 1.85. The predicted octanol–water partition coefficient (Wildman–Crippen LogP) is 5.84. The van der Waals surface area contributed by atoms with Crippen molar-refractivity contribution in [1.29, 1.82) is 0 Å². The second kappa shape index (κ2) is 9.44. The van der Waals surface area contributed by atoms with Crippen LogP contribution in [0.15, 0.2) is 121 Å². The number of hydrogen-bond donors (Lipinski definition) is 0. The molecular formula is C29H24O3. The van der Waals surface area contributed by atoms with Crippen LogP contribution in [0.5, 0.6) is 0 Å². The summed E-state index contributed by atoms with van der Waals surface area (Å²) in [5.41, 5.74) is 2.45. The van der Waals surface area contributed by atoms with Crippen molar-refractivity contribution in [2.24, 2.45) is 0 Å². The fourth-order valence-corrected chi connectivity index (χ4v) is 4.32. The monoisotopic (exact) mass is 420 g/mol. The Morgan fingerprint density at radius 3 is 1.31 bits per heavy atom. The van der Waals surface area contributed by atoms with E-state index in [0.717, 1.165) is 16.7 Å². The lowest BCUT2D eigenvalue weighted by molar-refractivity contribution is -0.144. The molecule has 0 aliphatic carbocycles. The molecule has 0 aliphatic rings. The second-order valence-corrected chi connectivity index (χ2v) is 7.65. The molecule has 0 saturated heterocycles. The fraction of sp³-hybridized carbons (Fsp3) is 0.103. The normalized spacial score (nSPS) is 12.0. The fourth-order valence-electron chi connectivity index (χ4n) is 4.32. The summed E-state index contributed by atoms with van der Waals surface area (Å²) >= 11 is 0. The van der Waals surface area contributed by atoms with Gasteiger partial charge in [-0.15, -0.1) is 0 Å². The van der Waals surface area contributed by atoms with Gasteiger partial charge in [0.15, 0.2) is 0 Å². The average Bonchev–Trinajstić information content (AvgIpc) is 2.86. The summed E-state index contributed by atoms with van der Waals surface area (Å²) in [5, 5.41) is 0. The topological polar surface area (TPSA) is 43.4 Å². The van der Waals surface area contributed by atoms with Gasteiger partial charge in [-0.1, -0.05) is 121 Å². The van der Waals surface area contributed by atoms with E-state index in [9.17, 15) is 9.59 Å². The largest absolute Gasteiger partial charge is 0.455 e. The minimum absolute atomic E-state index is 0.314. The average molecular weight is 421 g/mol. The molecule has 4 aromatic rings. The van der Waals surface area contributed by atoms with Gasteiger partial charge in [0, 0.05) is 5.56 Å². The van der Waals surface area contributed by atoms with Gasteiger partial charge in [-0.25, -0.2) is 4.79 Å². The summed E-state index contributed by atoms with van der Waals surface area (Å²) in [7, 11) is 0. The molecule has 0 fully saturated rings. The molecule has 0 radical (unpaired) electrons. The Hall–Kier alpha value is -3.98. The van der Waals surface area contributed by atoms with Crippen LogP contribution in [0.3, 0.4) is 0 Å². The van der Waals surface area contributed by atoms with E-state index in [1.54, 1.807) is 30.3 Å². The molecule has 0 unspecified atom stereocenters. The first-order valence-electron chi connectivity index (χ1n) is 10.6. The van der Waals surface area contributed by atoms with E-state index in [1.165, 1.54) is 0 Å². The molecule has 0 aromatic heterocycles. The van der Waals surface area contributed by atoms with Crippen molar-refractivity contribution >= 4 is 11.8 Å². The maximum atomic E-state index is 12.9. The Bertz CT molecular complexity index is 1070. The Morgan fingerprint density at radius 1 is 0.594 bits per heavy atom. The summed E-state index contributed by atoms with van der Waals surface area (Å²) < 4.78 is 5.91. The van der Waals surface area contributed by atoms with Gasteiger partial charge in [-0.2, -0.15) is 0 Å². The van der Waals surface area contributed by atoms with Crippen molar-refractivity contribution in [3.8, 4) is 0 Å². The lowest BCUT2D eigenvalue weighted by Gasteiger charge is -2.40. The van der Waals surface area contributed by atoms with E-state index < -0.39 is 23.3 Å². The highest BCUT2D eigenvalue weighted by molar-refractivity contribution is 6.40. The van der Waals surface area contributed by atoms with Crippen molar-refractivity contribution in [2.45, 2.75) is 18.4 Å². The van der Waals surface area contributed by atoms with Crippen LogP contribution in [-0.4, -0.2) is 17.9 Å². The first kappa shape index (κ1) is 21.3. The third-order valence-corrected chi connectivity index (χ3v) is 5.80. The van der Waals surface area contributed by atoms with E-state index >= 15 is 0 Å². The second-order valence-electron chi connectivity index (χ2n) is 7.65. The first-order chi connectivity index (χ1) is 15.6. The minimum atomic E-state index is -0.865. The smallest absolute Gasteiger partial charge is 0.379 e. The lowest BCUT2D eigenvalue weighted by atomic mass is 9.66. The molecule has 0 bridgehead atoms. The van der Waals surface area contributed by atoms with Gasteiger partial charge in [0.1, 0.15) is 6.10 Å². The van der Waals surface area contributed by atoms with Crippen LogP contribution >= 0.6 is 0 Å². The van der Waals surface area contributed by atoms with Crippen LogP contribution in [0.2, 0.25) is 0 Å².